The van der Waals surface area contributed by atoms with Gasteiger partial charge in [-0.25, -0.2) is 4.98 Å². The van der Waals surface area contributed by atoms with Crippen LogP contribution in [0, 0.1) is 0 Å². The summed E-state index contributed by atoms with van der Waals surface area (Å²) in [7, 11) is 0. The maximum absolute atomic E-state index is 9.18. The lowest BCUT2D eigenvalue weighted by atomic mass is 9.89. The van der Waals surface area contributed by atoms with E-state index in [1.807, 2.05) is 12.1 Å². The van der Waals surface area contributed by atoms with Crippen molar-refractivity contribution in [3.63, 3.8) is 0 Å². The molecule has 1 fully saturated rings. The van der Waals surface area contributed by atoms with Gasteiger partial charge < -0.3 is 15.7 Å². The molecule has 4 nitrogen and oxygen atoms in total. The molecule has 5 heteroatoms. The molecule has 0 amide bonds. The molecule has 1 aromatic rings. The molecular weight excluding hydrogens is 270 g/mol. The van der Waals surface area contributed by atoms with Gasteiger partial charge in [0, 0.05) is 29.3 Å². The summed E-state index contributed by atoms with van der Waals surface area (Å²) in [6.07, 6.45) is 3.41. The molecule has 1 aliphatic rings. The van der Waals surface area contributed by atoms with Gasteiger partial charge in [-0.05, 0) is 40.9 Å². The van der Waals surface area contributed by atoms with E-state index in [-0.39, 0.29) is 6.61 Å². The first-order valence-corrected chi connectivity index (χ1v) is 6.18. The molecule has 16 heavy (non-hydrogen) atoms. The van der Waals surface area contributed by atoms with Gasteiger partial charge in [0.2, 0.25) is 0 Å². The van der Waals surface area contributed by atoms with Crippen molar-refractivity contribution < 1.29 is 5.11 Å². The van der Waals surface area contributed by atoms with Gasteiger partial charge in [-0.3, -0.25) is 0 Å². The van der Waals surface area contributed by atoms with Crippen LogP contribution in [0.3, 0.4) is 0 Å². The fourth-order valence-corrected chi connectivity index (χ4v) is 2.13. The van der Waals surface area contributed by atoms with E-state index >= 15 is 0 Å². The molecule has 1 saturated heterocycles. The second kappa shape index (κ2) is 4.69. The van der Waals surface area contributed by atoms with Gasteiger partial charge in [0.15, 0.2) is 0 Å². The van der Waals surface area contributed by atoms with Gasteiger partial charge in [-0.15, -0.1) is 0 Å². The van der Waals surface area contributed by atoms with Gasteiger partial charge in [-0.1, -0.05) is 0 Å². The van der Waals surface area contributed by atoms with E-state index in [0.29, 0.717) is 0 Å². The lowest BCUT2D eigenvalue weighted by Crippen LogP contribution is -2.53. The Bertz CT molecular complexity index is 347. The first kappa shape index (κ1) is 11.8. The number of anilines is 1. The quantitative estimate of drug-likeness (QED) is 0.855. The third-order valence-corrected chi connectivity index (χ3v) is 3.58. The lowest BCUT2D eigenvalue weighted by molar-refractivity contribution is 0.170. The van der Waals surface area contributed by atoms with E-state index in [9.17, 15) is 5.11 Å². The lowest BCUT2D eigenvalue weighted by Gasteiger charge is -2.38. The van der Waals surface area contributed by atoms with Crippen LogP contribution in [0.1, 0.15) is 12.8 Å². The number of hydrogen-bond acceptors (Lipinski definition) is 4. The Morgan fingerprint density at radius 3 is 2.62 bits per heavy atom. The summed E-state index contributed by atoms with van der Waals surface area (Å²) in [5.41, 5.74) is 5.62. The molecule has 88 valence electrons. The van der Waals surface area contributed by atoms with Gasteiger partial charge in [-0.2, -0.15) is 0 Å². The van der Waals surface area contributed by atoms with Gasteiger partial charge in [0.05, 0.1) is 6.61 Å². The summed E-state index contributed by atoms with van der Waals surface area (Å²) in [5.74, 6) is 0.975. The van der Waals surface area contributed by atoms with E-state index in [0.717, 1.165) is 36.2 Å². The van der Waals surface area contributed by atoms with Crippen molar-refractivity contribution in [2.24, 2.45) is 5.73 Å². The van der Waals surface area contributed by atoms with Crippen molar-refractivity contribution in [1.29, 1.82) is 0 Å². The Kier molecular flexibility index (Phi) is 3.47. The minimum Gasteiger partial charge on any atom is -0.394 e. The Hall–Kier alpha value is -0.650. The summed E-state index contributed by atoms with van der Waals surface area (Å²) in [4.78, 5) is 6.55. The largest absolute Gasteiger partial charge is 0.394 e. The van der Waals surface area contributed by atoms with Crippen LogP contribution in [0.2, 0.25) is 0 Å². The molecule has 0 aromatic carbocycles. The Labute approximate surface area is 104 Å². The van der Waals surface area contributed by atoms with E-state index in [1.54, 1.807) is 6.20 Å². The summed E-state index contributed by atoms with van der Waals surface area (Å²) in [5, 5.41) is 9.18. The van der Waals surface area contributed by atoms with E-state index in [2.05, 4.69) is 25.8 Å². The second-order valence-electron chi connectivity index (χ2n) is 4.34. The number of piperidine rings is 1. The van der Waals surface area contributed by atoms with Crippen molar-refractivity contribution in [2.75, 3.05) is 24.6 Å². The summed E-state index contributed by atoms with van der Waals surface area (Å²) >= 11 is 3.36. The molecule has 0 atom stereocenters. The zero-order valence-electron chi connectivity index (χ0n) is 9.06. The first-order chi connectivity index (χ1) is 7.63. The van der Waals surface area contributed by atoms with E-state index in [4.69, 9.17) is 5.73 Å². The van der Waals surface area contributed by atoms with Crippen molar-refractivity contribution in [3.8, 4) is 0 Å². The second-order valence-corrected chi connectivity index (χ2v) is 5.26. The predicted molar refractivity (Wildman–Crippen MR) is 67.4 cm³/mol. The molecule has 1 aromatic heterocycles. The Morgan fingerprint density at radius 1 is 1.44 bits per heavy atom. The normalized spacial score (nSPS) is 19.8. The summed E-state index contributed by atoms with van der Waals surface area (Å²) in [6, 6.07) is 3.98. The highest BCUT2D eigenvalue weighted by Gasteiger charge is 2.30. The molecule has 2 heterocycles. The number of rotatable bonds is 2. The van der Waals surface area contributed by atoms with Crippen LogP contribution in [0.5, 0.6) is 0 Å². The molecule has 0 saturated carbocycles. The van der Waals surface area contributed by atoms with Gasteiger partial charge in [0.25, 0.3) is 0 Å². The van der Waals surface area contributed by atoms with Crippen molar-refractivity contribution in [3.05, 3.63) is 22.8 Å². The zero-order chi connectivity index (χ0) is 11.6. The fraction of sp³-hybridized carbons (Fsp3) is 0.545. The van der Waals surface area contributed by atoms with Crippen molar-refractivity contribution in [2.45, 2.75) is 18.4 Å². The monoisotopic (exact) mass is 285 g/mol. The molecular formula is C11H16BrN3O. The minimum atomic E-state index is -0.397. The molecule has 0 unspecified atom stereocenters. The molecule has 0 spiro atoms. The van der Waals surface area contributed by atoms with Gasteiger partial charge >= 0.3 is 0 Å². The van der Waals surface area contributed by atoms with Crippen LogP contribution in [-0.2, 0) is 0 Å². The van der Waals surface area contributed by atoms with Crippen LogP contribution < -0.4 is 10.6 Å². The number of hydrogen-bond donors (Lipinski definition) is 2. The maximum Gasteiger partial charge on any atom is 0.128 e. The van der Waals surface area contributed by atoms with Crippen molar-refractivity contribution >= 4 is 21.7 Å². The number of aromatic nitrogens is 1. The SMILES string of the molecule is NC1(CO)CCN(c2ccc(Br)cn2)CC1. The van der Waals surface area contributed by atoms with Crippen LogP contribution in [-0.4, -0.2) is 35.3 Å². The number of pyridine rings is 1. The zero-order valence-corrected chi connectivity index (χ0v) is 10.7. The number of halogens is 1. The highest BCUT2D eigenvalue weighted by molar-refractivity contribution is 9.10. The maximum atomic E-state index is 9.18. The van der Waals surface area contributed by atoms with Gasteiger partial charge in [0.1, 0.15) is 5.82 Å². The standard InChI is InChI=1S/C11H16BrN3O/c12-9-1-2-10(14-7-9)15-5-3-11(13,8-16)4-6-15/h1-2,7,16H,3-6,8,13H2. The molecule has 1 aliphatic heterocycles. The van der Waals surface area contributed by atoms with E-state index < -0.39 is 5.54 Å². The van der Waals surface area contributed by atoms with Crippen LogP contribution in [0.25, 0.3) is 0 Å². The third kappa shape index (κ3) is 2.53. The Morgan fingerprint density at radius 2 is 2.12 bits per heavy atom. The number of nitrogens with two attached hydrogens (primary N) is 1. The topological polar surface area (TPSA) is 62.4 Å². The smallest absolute Gasteiger partial charge is 0.128 e. The predicted octanol–water partition coefficient (Wildman–Crippen LogP) is 1.13. The average molecular weight is 286 g/mol. The average Bonchev–Trinajstić information content (AvgIpc) is 2.32. The van der Waals surface area contributed by atoms with Crippen molar-refractivity contribution in [1.82, 2.24) is 4.98 Å². The highest BCUT2D eigenvalue weighted by atomic mass is 79.9. The van der Waals surface area contributed by atoms with Crippen LogP contribution in [0.4, 0.5) is 5.82 Å². The minimum absolute atomic E-state index is 0.0641. The first-order valence-electron chi connectivity index (χ1n) is 5.39. The van der Waals surface area contributed by atoms with Crippen LogP contribution in [0.15, 0.2) is 22.8 Å². The molecule has 0 aliphatic carbocycles. The molecule has 0 radical (unpaired) electrons. The number of nitrogens with zero attached hydrogens (tertiary/aromatic N) is 2. The molecule has 3 N–H and O–H groups in total. The highest BCUT2D eigenvalue weighted by Crippen LogP contribution is 2.23. The molecule has 0 bridgehead atoms. The number of aliphatic hydroxyl groups excluding tert-OH is 1. The third-order valence-electron chi connectivity index (χ3n) is 3.11. The Balaban J connectivity index is 2.01. The van der Waals surface area contributed by atoms with E-state index in [1.165, 1.54) is 0 Å². The summed E-state index contributed by atoms with van der Waals surface area (Å²) < 4.78 is 0.983. The number of aliphatic hydroxyl groups is 1. The molecule has 2 rings (SSSR count). The van der Waals surface area contributed by atoms with Crippen LogP contribution >= 0.6 is 15.9 Å². The summed E-state index contributed by atoms with van der Waals surface area (Å²) in [6.45, 7) is 1.77. The fourth-order valence-electron chi connectivity index (χ4n) is 1.89.